The third kappa shape index (κ3) is 6.78. The van der Waals surface area contributed by atoms with E-state index in [4.69, 9.17) is 4.74 Å². The van der Waals surface area contributed by atoms with Crippen molar-refractivity contribution in [2.75, 3.05) is 32.1 Å². The van der Waals surface area contributed by atoms with Crippen LogP contribution in [0.25, 0.3) is 23.1 Å². The number of ether oxygens (including phenoxy) is 1. The zero-order valence-electron chi connectivity index (χ0n) is 20.6. The van der Waals surface area contributed by atoms with Crippen LogP contribution in [-0.4, -0.2) is 37.7 Å². The third-order valence-corrected chi connectivity index (χ3v) is 6.22. The summed E-state index contributed by atoms with van der Waals surface area (Å²) in [5.41, 5.74) is 3.97. The monoisotopic (exact) mass is 464 g/mol. The van der Waals surface area contributed by atoms with Gasteiger partial charge < -0.3 is 15.0 Å². The van der Waals surface area contributed by atoms with Crippen LogP contribution in [-0.2, 0) is 0 Å². The Labute approximate surface area is 201 Å². The maximum atomic E-state index is 10.9. The van der Waals surface area contributed by atoms with Crippen LogP contribution in [0.3, 0.4) is 0 Å². The van der Waals surface area contributed by atoms with Crippen LogP contribution in [0.15, 0.2) is 48.5 Å². The topological polar surface area (TPSA) is 83.0 Å². The molecule has 3 rings (SSSR count). The Hall–Kier alpha value is -3.45. The minimum absolute atomic E-state index is 0.0876. The number of nitrogens with one attached hydrogen (secondary N) is 3. The van der Waals surface area contributed by atoms with Gasteiger partial charge in [0, 0.05) is 30.3 Å². The molecule has 0 fully saturated rings. The normalized spacial score (nSPS) is 12.4. The van der Waals surface area contributed by atoms with Gasteiger partial charge >= 0.3 is 0 Å². The number of non-ortho nitro benzene ring substituents is 1. The van der Waals surface area contributed by atoms with Crippen molar-refractivity contribution >= 4 is 34.4 Å². The van der Waals surface area contributed by atoms with E-state index < -0.39 is 0 Å². The van der Waals surface area contributed by atoms with Gasteiger partial charge in [-0.25, -0.2) is 4.98 Å². The summed E-state index contributed by atoms with van der Waals surface area (Å²) in [6, 6.07) is 15.0. The van der Waals surface area contributed by atoms with Crippen molar-refractivity contribution in [3.8, 4) is 5.75 Å². The zero-order chi connectivity index (χ0) is 24.5. The molecule has 0 bridgehead atoms. The third-order valence-electron chi connectivity index (χ3n) is 6.22. The Morgan fingerprint density at radius 3 is 2.50 bits per heavy atom. The predicted molar refractivity (Wildman–Crippen MR) is 138 cm³/mol. The van der Waals surface area contributed by atoms with Crippen molar-refractivity contribution in [2.24, 2.45) is 0 Å². The highest BCUT2D eigenvalue weighted by molar-refractivity contribution is 5.91. The molecule has 0 saturated carbocycles. The van der Waals surface area contributed by atoms with Gasteiger partial charge in [0.15, 0.2) is 0 Å². The van der Waals surface area contributed by atoms with E-state index in [0.29, 0.717) is 6.04 Å². The highest BCUT2D eigenvalue weighted by Gasteiger charge is 2.14. The number of nitro benzene ring substituents is 1. The van der Waals surface area contributed by atoms with Gasteiger partial charge in [-0.05, 0) is 69.5 Å². The van der Waals surface area contributed by atoms with Gasteiger partial charge in [-0.15, -0.1) is 0 Å². The summed E-state index contributed by atoms with van der Waals surface area (Å²) in [6.45, 7) is 10.3. The second-order valence-electron chi connectivity index (χ2n) is 8.63. The molecule has 0 unspecified atom stereocenters. The first-order chi connectivity index (χ1) is 16.4. The SMILES string of the molecule is CC[NH+](CC)CCC[C@@H](C)Nc1cc(/C=C/c2ccc([N+](=O)[O-])cc2)[nH+]c2cc(OC)ccc12. The molecular weight excluding hydrogens is 428 g/mol. The average molecular weight is 465 g/mol. The van der Waals surface area contributed by atoms with Gasteiger partial charge in [0.25, 0.3) is 5.69 Å². The second-order valence-corrected chi connectivity index (χ2v) is 8.63. The van der Waals surface area contributed by atoms with E-state index >= 15 is 0 Å². The molecule has 0 aliphatic rings. The molecule has 0 radical (unpaired) electrons. The van der Waals surface area contributed by atoms with Gasteiger partial charge in [0.2, 0.25) is 11.2 Å². The van der Waals surface area contributed by atoms with E-state index in [9.17, 15) is 10.1 Å². The predicted octanol–water partition coefficient (Wildman–Crippen LogP) is 4.25. The van der Waals surface area contributed by atoms with Crippen molar-refractivity contribution in [1.29, 1.82) is 0 Å². The molecule has 1 heterocycles. The summed E-state index contributed by atoms with van der Waals surface area (Å²) in [5, 5.41) is 15.7. The molecule has 1 atom stereocenters. The Morgan fingerprint density at radius 2 is 1.85 bits per heavy atom. The smallest absolute Gasteiger partial charge is 0.269 e. The van der Waals surface area contributed by atoms with Crippen LogP contribution < -0.4 is 19.9 Å². The molecule has 2 aromatic carbocycles. The summed E-state index contributed by atoms with van der Waals surface area (Å²) in [6.07, 6.45) is 6.22. The Bertz CT molecular complexity index is 1120. The summed E-state index contributed by atoms with van der Waals surface area (Å²) in [5.74, 6) is 0.793. The van der Waals surface area contributed by atoms with Crippen molar-refractivity contribution < 1.29 is 19.5 Å². The molecule has 0 spiro atoms. The first-order valence-corrected chi connectivity index (χ1v) is 12.0. The fourth-order valence-corrected chi connectivity index (χ4v) is 4.12. The van der Waals surface area contributed by atoms with Crippen molar-refractivity contribution in [3.05, 3.63) is 69.9 Å². The molecule has 7 heteroatoms. The van der Waals surface area contributed by atoms with Gasteiger partial charge in [0.05, 0.1) is 48.8 Å². The first-order valence-electron chi connectivity index (χ1n) is 12.0. The van der Waals surface area contributed by atoms with Crippen molar-refractivity contribution in [1.82, 2.24) is 0 Å². The average Bonchev–Trinajstić information content (AvgIpc) is 2.85. The maximum absolute atomic E-state index is 10.9. The van der Waals surface area contributed by atoms with Crippen LogP contribution in [0.5, 0.6) is 5.75 Å². The highest BCUT2D eigenvalue weighted by Crippen LogP contribution is 2.26. The van der Waals surface area contributed by atoms with Crippen LogP contribution in [0.1, 0.15) is 44.9 Å². The number of pyridine rings is 1. The van der Waals surface area contributed by atoms with Gasteiger partial charge in [-0.1, -0.05) is 0 Å². The van der Waals surface area contributed by atoms with E-state index in [2.05, 4.69) is 43.2 Å². The van der Waals surface area contributed by atoms with Crippen molar-refractivity contribution in [2.45, 2.75) is 39.7 Å². The van der Waals surface area contributed by atoms with Crippen LogP contribution >= 0.6 is 0 Å². The first kappa shape index (κ1) is 25.2. The van der Waals surface area contributed by atoms with E-state index in [1.807, 2.05) is 24.3 Å². The number of aromatic amines is 1. The lowest BCUT2D eigenvalue weighted by Gasteiger charge is -2.19. The second kappa shape index (κ2) is 12.1. The number of anilines is 1. The molecule has 3 N–H and O–H groups in total. The summed E-state index contributed by atoms with van der Waals surface area (Å²) >= 11 is 0. The number of nitro groups is 1. The fourth-order valence-electron chi connectivity index (χ4n) is 4.12. The minimum Gasteiger partial charge on any atom is -0.497 e. The maximum Gasteiger partial charge on any atom is 0.269 e. The van der Waals surface area contributed by atoms with E-state index in [-0.39, 0.29) is 10.6 Å². The fraction of sp³-hybridized carbons (Fsp3) is 0.370. The van der Waals surface area contributed by atoms with Crippen LogP contribution in [0, 0.1) is 10.1 Å². The summed E-state index contributed by atoms with van der Waals surface area (Å²) in [7, 11) is 1.67. The number of benzene rings is 2. The number of fused-ring (bicyclic) bond motifs is 1. The summed E-state index contributed by atoms with van der Waals surface area (Å²) in [4.78, 5) is 15.6. The molecule has 3 aromatic rings. The quantitative estimate of drug-likeness (QED) is 0.310. The number of hydrogen-bond acceptors (Lipinski definition) is 4. The molecule has 7 nitrogen and oxygen atoms in total. The molecule has 0 saturated heterocycles. The number of hydrogen-bond donors (Lipinski definition) is 2. The highest BCUT2D eigenvalue weighted by atomic mass is 16.6. The number of quaternary nitrogens is 1. The van der Waals surface area contributed by atoms with E-state index in [1.54, 1.807) is 24.1 Å². The molecule has 0 amide bonds. The van der Waals surface area contributed by atoms with E-state index in [0.717, 1.165) is 40.0 Å². The molecule has 0 aliphatic heterocycles. The molecule has 34 heavy (non-hydrogen) atoms. The van der Waals surface area contributed by atoms with Crippen molar-refractivity contribution in [3.63, 3.8) is 0 Å². The summed E-state index contributed by atoms with van der Waals surface area (Å²) < 4.78 is 5.42. The number of methoxy groups -OCH3 is 1. The molecule has 180 valence electrons. The number of rotatable bonds is 12. The lowest BCUT2D eigenvalue weighted by atomic mass is 10.1. The lowest BCUT2D eigenvalue weighted by Crippen LogP contribution is -3.11. The Kier molecular flexibility index (Phi) is 8.99. The minimum atomic E-state index is -0.388. The lowest BCUT2D eigenvalue weighted by molar-refractivity contribution is -0.896. The Balaban J connectivity index is 1.82. The zero-order valence-corrected chi connectivity index (χ0v) is 20.6. The molecular formula is C27H36N4O3+2. The molecule has 0 aliphatic carbocycles. The van der Waals surface area contributed by atoms with Crippen LogP contribution in [0.4, 0.5) is 11.4 Å². The van der Waals surface area contributed by atoms with Crippen LogP contribution in [0.2, 0.25) is 0 Å². The Morgan fingerprint density at radius 1 is 1.12 bits per heavy atom. The van der Waals surface area contributed by atoms with Gasteiger partial charge in [-0.3, -0.25) is 10.1 Å². The number of H-pyrrole nitrogens is 1. The van der Waals surface area contributed by atoms with E-state index in [1.165, 1.54) is 38.2 Å². The number of aromatic nitrogens is 1. The standard InChI is InChI=1S/C27H34N4O3/c1-5-30(6-2)17-7-8-20(3)28-26-18-22(29-27-19-24(34-4)15-16-25(26)27)12-9-21-10-13-23(14-11-21)31(32)33/h9-16,18-20H,5-8,17H2,1-4H3,(H,28,29)/p+2/b12-9+/t20-/m1/s1. The molecule has 1 aromatic heterocycles. The van der Waals surface area contributed by atoms with Gasteiger partial charge in [-0.2, -0.15) is 0 Å². The number of nitrogens with zero attached hydrogens (tertiary/aromatic N) is 1. The van der Waals surface area contributed by atoms with Gasteiger partial charge in [0.1, 0.15) is 5.75 Å². The largest absolute Gasteiger partial charge is 0.497 e.